The molecule has 4 heteroatoms. The van der Waals surface area contributed by atoms with Crippen LogP contribution in [0.4, 0.5) is 4.39 Å². The van der Waals surface area contributed by atoms with Crippen molar-refractivity contribution in [1.82, 2.24) is 9.55 Å². The Kier molecular flexibility index (Phi) is 2.67. The Labute approximate surface area is 112 Å². The Morgan fingerprint density at radius 3 is 2.67 bits per heavy atom. The molecule has 0 saturated carbocycles. The number of halogens is 2. The van der Waals surface area contributed by atoms with E-state index in [9.17, 15) is 4.39 Å². The van der Waals surface area contributed by atoms with Gasteiger partial charge in [-0.2, -0.15) is 0 Å². The van der Waals surface area contributed by atoms with Gasteiger partial charge >= 0.3 is 0 Å². The van der Waals surface area contributed by atoms with Crippen molar-refractivity contribution in [2.24, 2.45) is 7.05 Å². The normalized spacial score (nSPS) is 11.1. The van der Waals surface area contributed by atoms with E-state index in [0.29, 0.717) is 4.47 Å². The van der Waals surface area contributed by atoms with Crippen LogP contribution in [0.15, 0.2) is 46.9 Å². The summed E-state index contributed by atoms with van der Waals surface area (Å²) in [6, 6.07) is 12.6. The zero-order chi connectivity index (χ0) is 12.7. The second-order valence-corrected chi connectivity index (χ2v) is 4.96. The minimum absolute atomic E-state index is 0.260. The van der Waals surface area contributed by atoms with Crippen LogP contribution in [-0.4, -0.2) is 9.55 Å². The van der Waals surface area contributed by atoms with Gasteiger partial charge in [-0.3, -0.25) is 0 Å². The summed E-state index contributed by atoms with van der Waals surface area (Å²) in [6.45, 7) is 0. The first-order valence-electron chi connectivity index (χ1n) is 5.53. The smallest absolute Gasteiger partial charge is 0.142 e. The van der Waals surface area contributed by atoms with Crippen LogP contribution in [0, 0.1) is 5.82 Å². The number of imidazole rings is 1. The largest absolute Gasteiger partial charge is 0.327 e. The van der Waals surface area contributed by atoms with Crippen LogP contribution in [0.3, 0.4) is 0 Å². The van der Waals surface area contributed by atoms with Crippen LogP contribution in [0.25, 0.3) is 22.4 Å². The number of hydrogen-bond donors (Lipinski definition) is 0. The molecule has 1 aromatic heterocycles. The molecule has 2 nitrogen and oxygen atoms in total. The van der Waals surface area contributed by atoms with Gasteiger partial charge in [-0.05, 0) is 46.3 Å². The maximum absolute atomic E-state index is 13.1. The predicted molar refractivity (Wildman–Crippen MR) is 73.8 cm³/mol. The van der Waals surface area contributed by atoms with E-state index >= 15 is 0 Å². The molecule has 0 fully saturated rings. The molecule has 0 N–H and O–H groups in total. The topological polar surface area (TPSA) is 17.8 Å². The third-order valence-electron chi connectivity index (χ3n) is 2.96. The maximum Gasteiger partial charge on any atom is 0.142 e. The molecule has 0 bridgehead atoms. The first kappa shape index (κ1) is 11.4. The molecule has 0 aliphatic carbocycles. The number of benzene rings is 2. The summed E-state index contributed by atoms with van der Waals surface area (Å²) in [6.07, 6.45) is 0. The summed E-state index contributed by atoms with van der Waals surface area (Å²) < 4.78 is 15.8. The van der Waals surface area contributed by atoms with Crippen LogP contribution in [0.5, 0.6) is 0 Å². The van der Waals surface area contributed by atoms with Crippen LogP contribution in [0.1, 0.15) is 0 Å². The van der Waals surface area contributed by atoms with Crippen molar-refractivity contribution in [3.8, 4) is 11.4 Å². The van der Waals surface area contributed by atoms with Crippen molar-refractivity contribution in [2.45, 2.75) is 0 Å². The van der Waals surface area contributed by atoms with Gasteiger partial charge in [-0.1, -0.05) is 12.1 Å². The second-order valence-electron chi connectivity index (χ2n) is 4.11. The van der Waals surface area contributed by atoms with Crippen LogP contribution in [-0.2, 0) is 7.05 Å². The van der Waals surface area contributed by atoms with Gasteiger partial charge in [0.05, 0.1) is 11.0 Å². The number of hydrogen-bond acceptors (Lipinski definition) is 1. The molecule has 3 aromatic rings. The average Bonchev–Trinajstić information content (AvgIpc) is 2.68. The van der Waals surface area contributed by atoms with E-state index in [1.54, 1.807) is 6.07 Å². The van der Waals surface area contributed by atoms with Gasteiger partial charge in [0.15, 0.2) is 0 Å². The van der Waals surface area contributed by atoms with Gasteiger partial charge < -0.3 is 4.57 Å². The van der Waals surface area contributed by atoms with Crippen molar-refractivity contribution in [3.63, 3.8) is 0 Å². The Balaban J connectivity index is 2.28. The number of para-hydroxylation sites is 2. The molecule has 0 aliphatic rings. The number of aryl methyl sites for hydroxylation is 1. The van der Waals surface area contributed by atoms with Crippen molar-refractivity contribution in [1.29, 1.82) is 0 Å². The molecule has 18 heavy (non-hydrogen) atoms. The van der Waals surface area contributed by atoms with Crippen molar-refractivity contribution in [2.75, 3.05) is 0 Å². The predicted octanol–water partition coefficient (Wildman–Crippen LogP) is 4.14. The number of fused-ring (bicyclic) bond motifs is 1. The highest BCUT2D eigenvalue weighted by Crippen LogP contribution is 2.30. The second kappa shape index (κ2) is 4.21. The molecule has 0 saturated heterocycles. The first-order valence-corrected chi connectivity index (χ1v) is 6.33. The van der Waals surface area contributed by atoms with Crippen molar-refractivity contribution in [3.05, 3.63) is 52.8 Å². The molecule has 1 heterocycles. The summed E-state index contributed by atoms with van der Waals surface area (Å²) in [5, 5.41) is 0. The average molecular weight is 305 g/mol. The summed E-state index contributed by atoms with van der Waals surface area (Å²) in [4.78, 5) is 4.58. The highest BCUT2D eigenvalue weighted by molar-refractivity contribution is 9.10. The number of aromatic nitrogens is 2. The molecule has 0 radical (unpaired) electrons. The van der Waals surface area contributed by atoms with E-state index in [-0.39, 0.29) is 5.82 Å². The Morgan fingerprint density at radius 2 is 1.94 bits per heavy atom. The van der Waals surface area contributed by atoms with Crippen LogP contribution in [0.2, 0.25) is 0 Å². The minimum atomic E-state index is -0.260. The van der Waals surface area contributed by atoms with Gasteiger partial charge in [0.2, 0.25) is 0 Å². The third-order valence-corrected chi connectivity index (χ3v) is 3.62. The third kappa shape index (κ3) is 1.73. The monoisotopic (exact) mass is 304 g/mol. The zero-order valence-electron chi connectivity index (χ0n) is 9.69. The lowest BCUT2D eigenvalue weighted by Gasteiger charge is -2.05. The van der Waals surface area contributed by atoms with E-state index in [1.807, 2.05) is 35.9 Å². The Morgan fingerprint density at radius 1 is 1.17 bits per heavy atom. The SMILES string of the molecule is Cn1c(-c2ccc(F)cc2Br)nc2ccccc21. The molecular formula is C14H10BrFN2. The quantitative estimate of drug-likeness (QED) is 0.660. The van der Waals surface area contributed by atoms with Crippen molar-refractivity contribution < 1.29 is 4.39 Å². The van der Waals surface area contributed by atoms with Gasteiger partial charge in [0.25, 0.3) is 0 Å². The minimum Gasteiger partial charge on any atom is -0.327 e. The van der Waals surface area contributed by atoms with Crippen LogP contribution >= 0.6 is 15.9 Å². The lowest BCUT2D eigenvalue weighted by molar-refractivity contribution is 0.627. The van der Waals surface area contributed by atoms with E-state index in [0.717, 1.165) is 22.4 Å². The van der Waals surface area contributed by atoms with Gasteiger partial charge in [0, 0.05) is 17.1 Å². The van der Waals surface area contributed by atoms with E-state index < -0.39 is 0 Å². The molecule has 0 spiro atoms. The van der Waals surface area contributed by atoms with Crippen LogP contribution < -0.4 is 0 Å². The summed E-state index contributed by atoms with van der Waals surface area (Å²) in [5.41, 5.74) is 2.88. The van der Waals surface area contributed by atoms with E-state index in [1.165, 1.54) is 12.1 Å². The standard InChI is InChI=1S/C14H10BrFN2/c1-18-13-5-3-2-4-12(13)17-14(18)10-7-6-9(16)8-11(10)15/h2-8H,1H3. The van der Waals surface area contributed by atoms with E-state index in [4.69, 9.17) is 0 Å². The van der Waals surface area contributed by atoms with Crippen molar-refractivity contribution >= 4 is 27.0 Å². The molecule has 3 rings (SSSR count). The van der Waals surface area contributed by atoms with E-state index in [2.05, 4.69) is 20.9 Å². The fourth-order valence-electron chi connectivity index (χ4n) is 2.06. The first-order chi connectivity index (χ1) is 8.66. The zero-order valence-corrected chi connectivity index (χ0v) is 11.3. The Hall–Kier alpha value is -1.68. The molecule has 0 unspecified atom stereocenters. The Bertz CT molecular complexity index is 734. The fraction of sp³-hybridized carbons (Fsp3) is 0.0714. The molecule has 0 amide bonds. The number of rotatable bonds is 1. The molecule has 90 valence electrons. The van der Waals surface area contributed by atoms with Gasteiger partial charge in [-0.25, -0.2) is 9.37 Å². The molecule has 2 aromatic carbocycles. The summed E-state index contributed by atoms with van der Waals surface area (Å²) in [5.74, 6) is 0.562. The fourth-order valence-corrected chi connectivity index (χ4v) is 2.59. The maximum atomic E-state index is 13.1. The summed E-state index contributed by atoms with van der Waals surface area (Å²) in [7, 11) is 1.96. The number of nitrogens with zero attached hydrogens (tertiary/aromatic N) is 2. The highest BCUT2D eigenvalue weighted by atomic mass is 79.9. The molecular weight excluding hydrogens is 295 g/mol. The highest BCUT2D eigenvalue weighted by Gasteiger charge is 2.12. The van der Waals surface area contributed by atoms with Gasteiger partial charge in [0.1, 0.15) is 11.6 Å². The lowest BCUT2D eigenvalue weighted by atomic mass is 10.2. The molecule has 0 atom stereocenters. The molecule has 0 aliphatic heterocycles. The summed E-state index contributed by atoms with van der Waals surface area (Å²) >= 11 is 3.38. The van der Waals surface area contributed by atoms with Gasteiger partial charge in [-0.15, -0.1) is 0 Å². The lowest BCUT2D eigenvalue weighted by Crippen LogP contribution is -1.93.